The van der Waals surface area contributed by atoms with E-state index in [2.05, 4.69) is 4.90 Å². The zero-order valence-electron chi connectivity index (χ0n) is 10.2. The van der Waals surface area contributed by atoms with Crippen LogP contribution in [0.25, 0.3) is 0 Å². The lowest BCUT2D eigenvalue weighted by atomic mass is 10.0. The summed E-state index contributed by atoms with van der Waals surface area (Å²) in [5.41, 5.74) is 1.15. The highest BCUT2D eigenvalue weighted by Gasteiger charge is 2.37. The van der Waals surface area contributed by atoms with Gasteiger partial charge in [0.25, 0.3) is 0 Å². The minimum Gasteiger partial charge on any atom is -0.293 e. The summed E-state index contributed by atoms with van der Waals surface area (Å²) in [5, 5.41) is 1.66. The molecule has 1 nitrogen and oxygen atoms in total. The molecule has 2 aliphatic rings. The van der Waals surface area contributed by atoms with Crippen LogP contribution in [0.3, 0.4) is 0 Å². The van der Waals surface area contributed by atoms with Crippen molar-refractivity contribution in [1.82, 2.24) is 4.90 Å². The molecule has 2 fully saturated rings. The summed E-state index contributed by atoms with van der Waals surface area (Å²) in [4.78, 5) is 2.62. The molecule has 0 aliphatic carbocycles. The molecule has 3 rings (SSSR count). The van der Waals surface area contributed by atoms with Crippen LogP contribution in [0.1, 0.15) is 43.7 Å². The second-order valence-electron chi connectivity index (χ2n) is 5.12. The number of nitrogens with zero attached hydrogens (tertiary/aromatic N) is 1. The molecule has 0 amide bonds. The van der Waals surface area contributed by atoms with Gasteiger partial charge in [-0.3, -0.25) is 4.90 Å². The fraction of sp³-hybridized carbons (Fsp3) is 0.571. The first-order chi connectivity index (χ1) is 8.27. The molecule has 0 unspecified atom stereocenters. The molecular formula is C14H18Cl3N. The van der Waals surface area contributed by atoms with Crippen LogP contribution in [0.4, 0.5) is 0 Å². The van der Waals surface area contributed by atoms with Crippen LogP contribution < -0.4 is 0 Å². The molecule has 18 heavy (non-hydrogen) atoms. The Morgan fingerprint density at radius 1 is 1.00 bits per heavy atom. The van der Waals surface area contributed by atoms with Gasteiger partial charge in [-0.1, -0.05) is 35.7 Å². The molecule has 0 bridgehead atoms. The van der Waals surface area contributed by atoms with Gasteiger partial charge in [0.2, 0.25) is 0 Å². The minimum absolute atomic E-state index is 0. The summed E-state index contributed by atoms with van der Waals surface area (Å²) < 4.78 is 0. The monoisotopic (exact) mass is 305 g/mol. The van der Waals surface area contributed by atoms with Crippen molar-refractivity contribution in [2.45, 2.75) is 44.2 Å². The highest BCUT2D eigenvalue weighted by Crippen LogP contribution is 2.44. The third kappa shape index (κ3) is 2.51. The Morgan fingerprint density at radius 2 is 1.72 bits per heavy atom. The van der Waals surface area contributed by atoms with E-state index in [0.29, 0.717) is 6.04 Å². The quantitative estimate of drug-likeness (QED) is 0.697. The van der Waals surface area contributed by atoms with E-state index in [-0.39, 0.29) is 12.4 Å². The highest BCUT2D eigenvalue weighted by molar-refractivity contribution is 6.36. The van der Waals surface area contributed by atoms with Gasteiger partial charge < -0.3 is 0 Å². The highest BCUT2D eigenvalue weighted by atomic mass is 35.5. The molecule has 0 saturated carbocycles. The Morgan fingerprint density at radius 3 is 2.44 bits per heavy atom. The molecule has 2 aliphatic heterocycles. The Hall–Kier alpha value is 0.0500. The first-order valence-electron chi connectivity index (χ1n) is 6.47. The normalized spacial score (nSPS) is 27.7. The first-order valence-corrected chi connectivity index (χ1v) is 7.22. The maximum Gasteiger partial charge on any atom is 0.0468 e. The molecule has 1 aromatic carbocycles. The molecule has 2 heterocycles. The number of hydrogen-bond acceptors (Lipinski definition) is 1. The van der Waals surface area contributed by atoms with E-state index in [1.807, 2.05) is 18.2 Å². The van der Waals surface area contributed by atoms with E-state index < -0.39 is 0 Å². The van der Waals surface area contributed by atoms with Gasteiger partial charge in [-0.15, -0.1) is 12.4 Å². The van der Waals surface area contributed by atoms with Gasteiger partial charge in [-0.25, -0.2) is 0 Å². The van der Waals surface area contributed by atoms with Crippen molar-refractivity contribution in [3.8, 4) is 0 Å². The molecule has 0 aromatic heterocycles. The topological polar surface area (TPSA) is 3.24 Å². The van der Waals surface area contributed by atoms with E-state index in [4.69, 9.17) is 23.2 Å². The van der Waals surface area contributed by atoms with Crippen molar-refractivity contribution in [3.05, 3.63) is 33.8 Å². The molecule has 0 N–H and O–H groups in total. The zero-order valence-corrected chi connectivity index (χ0v) is 12.6. The second kappa shape index (κ2) is 6.00. The van der Waals surface area contributed by atoms with Gasteiger partial charge >= 0.3 is 0 Å². The SMILES string of the molecule is Cl.Clc1cccc(Cl)c1[C@H]1CC[C@@H]2CCCCN21. The maximum absolute atomic E-state index is 6.33. The van der Waals surface area contributed by atoms with Crippen molar-refractivity contribution >= 4 is 35.6 Å². The molecule has 0 radical (unpaired) electrons. The van der Waals surface area contributed by atoms with E-state index in [9.17, 15) is 0 Å². The van der Waals surface area contributed by atoms with Crippen LogP contribution in [0.5, 0.6) is 0 Å². The molecule has 0 spiro atoms. The van der Waals surface area contributed by atoms with Gasteiger partial charge in [0.15, 0.2) is 0 Å². The number of hydrogen-bond donors (Lipinski definition) is 0. The van der Waals surface area contributed by atoms with E-state index >= 15 is 0 Å². The Balaban J connectivity index is 0.00000120. The van der Waals surface area contributed by atoms with Gasteiger partial charge in [0.05, 0.1) is 0 Å². The third-order valence-corrected chi connectivity index (χ3v) is 4.84. The summed E-state index contributed by atoms with van der Waals surface area (Å²) in [6, 6.07) is 7.05. The lowest BCUT2D eigenvalue weighted by Gasteiger charge is -2.34. The standard InChI is InChI=1S/C14H17Cl2N.ClH/c15-11-5-3-6-12(16)14(11)13-8-7-10-4-1-2-9-17(10)13;/h3,5-6,10,13H,1-2,4,7-9H2;1H/t10-,13+;/m0./s1. The van der Waals surface area contributed by atoms with Crippen molar-refractivity contribution < 1.29 is 0 Å². The fourth-order valence-electron chi connectivity index (χ4n) is 3.40. The Labute approximate surface area is 125 Å². The number of benzene rings is 1. The Bertz CT molecular complexity index is 401. The number of halogens is 3. The summed E-state index contributed by atoms with van der Waals surface area (Å²) in [5.74, 6) is 0. The van der Waals surface area contributed by atoms with Gasteiger partial charge in [0, 0.05) is 27.7 Å². The summed E-state index contributed by atoms with van der Waals surface area (Å²) in [7, 11) is 0. The smallest absolute Gasteiger partial charge is 0.0468 e. The number of piperidine rings is 1. The Kier molecular flexibility index (Phi) is 4.82. The molecular weight excluding hydrogens is 289 g/mol. The molecule has 100 valence electrons. The van der Waals surface area contributed by atoms with E-state index in [0.717, 1.165) is 21.7 Å². The van der Waals surface area contributed by atoms with Crippen molar-refractivity contribution in [2.75, 3.05) is 6.54 Å². The van der Waals surface area contributed by atoms with Crippen LogP contribution in [0.15, 0.2) is 18.2 Å². The van der Waals surface area contributed by atoms with Crippen LogP contribution in [-0.4, -0.2) is 17.5 Å². The predicted molar refractivity (Wildman–Crippen MR) is 80.0 cm³/mol. The predicted octanol–water partition coefficient (Wildman–Crippen LogP) is 5.10. The van der Waals surface area contributed by atoms with E-state index in [1.54, 1.807) is 0 Å². The fourth-order valence-corrected chi connectivity index (χ4v) is 4.05. The summed E-state index contributed by atoms with van der Waals surface area (Å²) in [6.45, 7) is 1.21. The number of fused-ring (bicyclic) bond motifs is 1. The minimum atomic E-state index is 0. The lowest BCUT2D eigenvalue weighted by molar-refractivity contribution is 0.150. The van der Waals surface area contributed by atoms with Crippen LogP contribution in [-0.2, 0) is 0 Å². The van der Waals surface area contributed by atoms with Gasteiger partial charge in [-0.2, -0.15) is 0 Å². The third-order valence-electron chi connectivity index (χ3n) is 4.18. The van der Waals surface area contributed by atoms with Crippen molar-refractivity contribution in [1.29, 1.82) is 0 Å². The average Bonchev–Trinajstić information content (AvgIpc) is 2.73. The second-order valence-corrected chi connectivity index (χ2v) is 5.93. The molecule has 4 heteroatoms. The van der Waals surface area contributed by atoms with Crippen LogP contribution >= 0.6 is 35.6 Å². The number of rotatable bonds is 1. The maximum atomic E-state index is 6.33. The molecule has 2 atom stereocenters. The van der Waals surface area contributed by atoms with Crippen LogP contribution in [0.2, 0.25) is 10.0 Å². The van der Waals surface area contributed by atoms with Crippen molar-refractivity contribution in [2.24, 2.45) is 0 Å². The first kappa shape index (κ1) is 14.5. The summed E-state index contributed by atoms with van der Waals surface area (Å²) >= 11 is 12.7. The van der Waals surface area contributed by atoms with Gasteiger partial charge in [0.1, 0.15) is 0 Å². The van der Waals surface area contributed by atoms with Gasteiger partial charge in [-0.05, 0) is 44.4 Å². The molecule has 1 aromatic rings. The van der Waals surface area contributed by atoms with E-state index in [1.165, 1.54) is 38.6 Å². The largest absolute Gasteiger partial charge is 0.293 e. The van der Waals surface area contributed by atoms with Crippen LogP contribution in [0, 0.1) is 0 Å². The zero-order chi connectivity index (χ0) is 11.8. The average molecular weight is 307 g/mol. The van der Waals surface area contributed by atoms with Crippen molar-refractivity contribution in [3.63, 3.8) is 0 Å². The molecule has 2 saturated heterocycles. The summed E-state index contributed by atoms with van der Waals surface area (Å²) in [6.07, 6.45) is 6.54. The lowest BCUT2D eigenvalue weighted by Crippen LogP contribution is -2.36.